The summed E-state index contributed by atoms with van der Waals surface area (Å²) in [6.07, 6.45) is 3.93. The molecule has 10 N–H and O–H groups in total. The lowest BCUT2D eigenvalue weighted by Gasteiger charge is -2.33. The second kappa shape index (κ2) is 32.4. The van der Waals surface area contributed by atoms with Crippen molar-refractivity contribution in [3.63, 3.8) is 0 Å². The average molecular weight is 1090 g/mol. The van der Waals surface area contributed by atoms with Crippen molar-refractivity contribution in [2.45, 2.75) is 181 Å². The highest BCUT2D eigenvalue weighted by Crippen LogP contribution is 2.30. The van der Waals surface area contributed by atoms with Gasteiger partial charge in [0.2, 0.25) is 35.4 Å². The van der Waals surface area contributed by atoms with E-state index in [0.717, 1.165) is 0 Å². The number of carbonyl (C=O) groups is 10. The number of Topliss-reactive ketones (excluding diaryl/α,β-unsaturated/α-hetero) is 3. The van der Waals surface area contributed by atoms with Crippen LogP contribution in [0.5, 0.6) is 5.75 Å². The number of nitrogens with one attached hydrogen (secondary N) is 4. The summed E-state index contributed by atoms with van der Waals surface area (Å²) in [5.41, 5.74) is 11.6. The van der Waals surface area contributed by atoms with E-state index >= 15 is 0 Å². The van der Waals surface area contributed by atoms with Gasteiger partial charge in [-0.1, -0.05) is 46.8 Å². The number of hydrogen-bond donors (Lipinski definition) is 9. The van der Waals surface area contributed by atoms with Crippen LogP contribution in [0.2, 0.25) is 0 Å². The summed E-state index contributed by atoms with van der Waals surface area (Å²) in [7, 11) is 0. The Morgan fingerprint density at radius 2 is 1.33 bits per heavy atom. The fourth-order valence-electron chi connectivity index (χ4n) is 10.3. The van der Waals surface area contributed by atoms with Gasteiger partial charge in [0.05, 0.1) is 24.0 Å². The average Bonchev–Trinajstić information content (AvgIpc) is 4.05. The second-order valence-corrected chi connectivity index (χ2v) is 22.6. The highest BCUT2D eigenvalue weighted by molar-refractivity contribution is 7.80. The van der Waals surface area contributed by atoms with E-state index in [4.69, 9.17) is 11.5 Å². The third-order valence-corrected chi connectivity index (χ3v) is 14.5. The number of thiol groups is 1. The molecule has 0 saturated carbocycles. The fourth-order valence-corrected chi connectivity index (χ4v) is 10.5. The number of aliphatic carboxylic acids is 1. The Labute approximate surface area is 454 Å². The molecule has 0 radical (unpaired) electrons. The molecule has 0 spiro atoms. The lowest BCUT2D eigenvalue weighted by molar-refractivity contribution is -0.145. The number of carbonyl (C=O) groups excluding carboxylic acids is 9. The van der Waals surface area contributed by atoms with Crippen LogP contribution in [0.25, 0.3) is 0 Å². The molecule has 2 saturated heterocycles. The number of carboxylic acids is 1. The number of nitrogens with zero attached hydrogens (tertiary/aromatic N) is 2. The molecule has 2 aliphatic rings. The first-order chi connectivity index (χ1) is 35.9. The number of hydrogen-bond acceptors (Lipinski definition) is 14. The van der Waals surface area contributed by atoms with E-state index in [-0.39, 0.29) is 95.0 Å². The Balaban J connectivity index is 1.82. The predicted molar refractivity (Wildman–Crippen MR) is 291 cm³/mol. The Morgan fingerprint density at radius 3 is 1.91 bits per heavy atom. The van der Waals surface area contributed by atoms with Gasteiger partial charge >= 0.3 is 5.97 Å². The molecule has 0 unspecified atom stereocenters. The molecule has 2 heterocycles. The zero-order chi connectivity index (χ0) is 56.7. The number of rotatable bonds is 34. The zero-order valence-corrected chi connectivity index (χ0v) is 46.6. The van der Waals surface area contributed by atoms with Gasteiger partial charge in [-0.2, -0.15) is 12.6 Å². The van der Waals surface area contributed by atoms with Gasteiger partial charge in [-0.25, -0.2) is 0 Å². The van der Waals surface area contributed by atoms with Gasteiger partial charge in [-0.15, -0.1) is 0 Å². The van der Waals surface area contributed by atoms with Crippen LogP contribution in [0.3, 0.4) is 0 Å². The number of phenols is 1. The molecule has 1 aromatic rings. The van der Waals surface area contributed by atoms with Gasteiger partial charge in [-0.3, -0.25) is 47.9 Å². The molecule has 1 aromatic carbocycles. The number of benzene rings is 1. The lowest BCUT2D eigenvalue weighted by atomic mass is 9.80. The Hall–Kier alpha value is -5.41. The number of ketones is 3. The molecular weight excluding hydrogens is 997 g/mol. The molecule has 8 atom stereocenters. The van der Waals surface area contributed by atoms with E-state index in [1.807, 2.05) is 13.8 Å². The number of amides is 6. The maximum Gasteiger partial charge on any atom is 0.306 e. The molecule has 20 nitrogen and oxygen atoms in total. The second-order valence-electron chi connectivity index (χ2n) is 22.1. The molecule has 0 aromatic heterocycles. The van der Waals surface area contributed by atoms with Gasteiger partial charge in [-0.05, 0) is 131 Å². The van der Waals surface area contributed by atoms with Crippen LogP contribution >= 0.6 is 12.6 Å². The molecule has 2 fully saturated rings. The summed E-state index contributed by atoms with van der Waals surface area (Å²) in [6, 6.07) is 1.24. The van der Waals surface area contributed by atoms with E-state index < -0.39 is 106 Å². The molecule has 0 aliphatic carbocycles. The van der Waals surface area contributed by atoms with Crippen LogP contribution in [0.1, 0.15) is 150 Å². The van der Waals surface area contributed by atoms with E-state index in [1.54, 1.807) is 32.9 Å². The van der Waals surface area contributed by atoms with Crippen molar-refractivity contribution in [3.05, 3.63) is 29.8 Å². The highest BCUT2D eigenvalue weighted by Gasteiger charge is 2.43. The third kappa shape index (κ3) is 21.2. The van der Waals surface area contributed by atoms with Crippen LogP contribution in [-0.4, -0.2) is 147 Å². The summed E-state index contributed by atoms with van der Waals surface area (Å²) in [6.45, 7) is 11.5. The van der Waals surface area contributed by atoms with Crippen molar-refractivity contribution in [1.29, 1.82) is 0 Å². The SMILES string of the molecule is CC(=O)N[C@@H](CCCCNC(=O)CCS)C(=O)N1CCC[C@H]1C(=O)N[C@@H](CCCCN)C(=O)C[C@@H](CCN)C(=O)N1CCC[C@H]1C(=O)C[C@@H](Cc1ccc(O)cc1)C(=O)N[C@H](C(=O)C[C@@H](CC(C)C)C(=O)O)C(C)(C)C. The van der Waals surface area contributed by atoms with Gasteiger partial charge < -0.3 is 52.7 Å². The smallest absolute Gasteiger partial charge is 0.306 e. The Morgan fingerprint density at radius 1 is 0.724 bits per heavy atom. The maximum absolute atomic E-state index is 14.6. The minimum Gasteiger partial charge on any atom is -0.508 e. The van der Waals surface area contributed by atoms with Gasteiger partial charge in [0.25, 0.3) is 0 Å². The highest BCUT2D eigenvalue weighted by atomic mass is 32.1. The first-order valence-corrected chi connectivity index (χ1v) is 27.9. The van der Waals surface area contributed by atoms with Gasteiger partial charge in [0.1, 0.15) is 17.8 Å². The fraction of sp³-hybridized carbons (Fsp3) is 0.709. The number of nitrogens with two attached hydrogens (primary N) is 2. The van der Waals surface area contributed by atoms with Gasteiger partial charge in [0.15, 0.2) is 17.3 Å². The Kier molecular flexibility index (Phi) is 27.6. The van der Waals surface area contributed by atoms with Crippen molar-refractivity contribution in [1.82, 2.24) is 31.1 Å². The molecule has 2 aliphatic heterocycles. The number of carboxylic acid groups (broad SMARTS) is 1. The number of likely N-dealkylation sites (tertiary alicyclic amines) is 2. The summed E-state index contributed by atoms with van der Waals surface area (Å²) >= 11 is 4.07. The minimum atomic E-state index is -1.11. The predicted octanol–water partition coefficient (Wildman–Crippen LogP) is 3.38. The van der Waals surface area contributed by atoms with Crippen molar-refractivity contribution < 1.29 is 58.2 Å². The molecule has 6 amide bonds. The quantitative estimate of drug-likeness (QED) is 0.0353. The van der Waals surface area contributed by atoms with Gasteiger partial charge in [0, 0.05) is 64.1 Å². The molecule has 0 bridgehead atoms. The molecule has 76 heavy (non-hydrogen) atoms. The van der Waals surface area contributed by atoms with Crippen molar-refractivity contribution in [3.8, 4) is 5.75 Å². The van der Waals surface area contributed by atoms with Crippen LogP contribution in [-0.2, 0) is 54.4 Å². The van der Waals surface area contributed by atoms with E-state index in [2.05, 4.69) is 33.9 Å². The van der Waals surface area contributed by atoms with E-state index in [1.165, 1.54) is 28.9 Å². The van der Waals surface area contributed by atoms with E-state index in [9.17, 15) is 58.2 Å². The van der Waals surface area contributed by atoms with Crippen molar-refractivity contribution >= 4 is 71.4 Å². The normalized spacial score (nSPS) is 18.0. The van der Waals surface area contributed by atoms with Crippen LogP contribution in [0.15, 0.2) is 24.3 Å². The monoisotopic (exact) mass is 1080 g/mol. The van der Waals surface area contributed by atoms with Crippen molar-refractivity contribution in [2.75, 3.05) is 38.5 Å². The molecule has 21 heteroatoms. The van der Waals surface area contributed by atoms with Crippen LogP contribution in [0.4, 0.5) is 0 Å². The summed E-state index contributed by atoms with van der Waals surface area (Å²) in [5.74, 6) is -7.51. The standard InChI is InChI=1S/C55H88N8O12S/c1-34(2)29-39(54(74)75)33-47(68)49(55(4,5)6)61-50(70)38(30-36-17-19-40(65)20-18-36)32-46(67)43-15-11-26-62(43)52(72)37(21-24-57)31-45(66)41(13-7-9-23-56)60-51(71)44-16-12-27-63(44)53(73)42(59-35(3)64)14-8-10-25-58-48(69)22-28-76/h17-20,34,37-39,41-44,49,65,76H,7-16,21-33,56-57H2,1-6H3,(H,58,69)(H,59,64)(H,60,71)(H,61,70)(H,74,75)/t37-,38-,39-,41+,42+,43+,44+,49-/m1/s1. The lowest BCUT2D eigenvalue weighted by Crippen LogP contribution is -2.55. The first kappa shape index (κ1) is 64.9. The summed E-state index contributed by atoms with van der Waals surface area (Å²) < 4.78 is 0. The molecular formula is C55H88N8O12S. The van der Waals surface area contributed by atoms with Crippen LogP contribution in [0, 0.1) is 29.1 Å². The van der Waals surface area contributed by atoms with Crippen molar-refractivity contribution in [2.24, 2.45) is 40.6 Å². The minimum absolute atomic E-state index is 0.00251. The summed E-state index contributed by atoms with van der Waals surface area (Å²) in [4.78, 5) is 139. The van der Waals surface area contributed by atoms with E-state index in [0.29, 0.717) is 75.8 Å². The topological polar surface area (TPSA) is 318 Å². The maximum atomic E-state index is 14.6. The Bertz CT molecular complexity index is 2130. The molecule has 3 rings (SSSR count). The first-order valence-electron chi connectivity index (χ1n) is 27.3. The number of aromatic hydroxyl groups is 1. The zero-order valence-electron chi connectivity index (χ0n) is 45.7. The van der Waals surface area contributed by atoms with Crippen LogP contribution < -0.4 is 32.7 Å². The largest absolute Gasteiger partial charge is 0.508 e. The summed E-state index contributed by atoms with van der Waals surface area (Å²) in [5, 5.41) is 31.2. The third-order valence-electron chi connectivity index (χ3n) is 14.2. The molecule has 426 valence electrons. The number of unbranched alkanes of at least 4 members (excludes halogenated alkanes) is 2. The number of phenolic OH excluding ortho intramolecular Hbond substituents is 1.